The topological polar surface area (TPSA) is 46.3 Å². The minimum absolute atomic E-state index is 0.0457. The molecular weight excluding hydrogens is 315 g/mol. The Labute approximate surface area is 148 Å². The Balaban J connectivity index is 1.80. The summed E-state index contributed by atoms with van der Waals surface area (Å²) in [6.07, 6.45) is 1.94. The Morgan fingerprint density at radius 2 is 1.88 bits per heavy atom. The van der Waals surface area contributed by atoms with Gasteiger partial charge >= 0.3 is 0 Å². The third-order valence-electron chi connectivity index (χ3n) is 5.07. The molecule has 2 aromatic carbocycles. The van der Waals surface area contributed by atoms with Crippen LogP contribution in [0.4, 0.5) is 4.39 Å². The number of nitrogens with zero attached hydrogens (tertiary/aromatic N) is 1. The zero-order valence-electron chi connectivity index (χ0n) is 14.8. The normalized spacial score (nSPS) is 18.9. The summed E-state index contributed by atoms with van der Waals surface area (Å²) < 4.78 is 14.6. The van der Waals surface area contributed by atoms with Crippen molar-refractivity contribution in [3.63, 3.8) is 0 Å². The maximum Gasteiger partial charge on any atom is 0.256 e. The molecule has 1 heterocycles. The second-order valence-corrected chi connectivity index (χ2v) is 7.07. The third kappa shape index (κ3) is 3.90. The van der Waals surface area contributed by atoms with Gasteiger partial charge in [0.15, 0.2) is 0 Å². The number of aryl methyl sites for hydroxylation is 1. The highest BCUT2D eigenvalue weighted by Crippen LogP contribution is 2.25. The summed E-state index contributed by atoms with van der Waals surface area (Å²) in [4.78, 5) is 14.5. The fraction of sp³-hybridized carbons (Fsp3) is 0.381. The number of benzene rings is 2. The van der Waals surface area contributed by atoms with E-state index in [-0.39, 0.29) is 23.4 Å². The molecule has 2 N–H and O–H groups in total. The predicted molar refractivity (Wildman–Crippen MR) is 98.8 cm³/mol. The molecule has 1 saturated heterocycles. The largest absolute Gasteiger partial charge is 0.338 e. The zero-order valence-corrected chi connectivity index (χ0v) is 14.8. The molecule has 3 rings (SSSR count). The molecule has 1 aliphatic rings. The summed E-state index contributed by atoms with van der Waals surface area (Å²) in [6.45, 7) is 5.26. The van der Waals surface area contributed by atoms with E-state index in [1.807, 2.05) is 44.2 Å². The lowest BCUT2D eigenvalue weighted by molar-refractivity contribution is 0.0656. The van der Waals surface area contributed by atoms with Crippen molar-refractivity contribution in [1.82, 2.24) is 4.90 Å². The van der Waals surface area contributed by atoms with Crippen molar-refractivity contribution in [2.75, 3.05) is 13.1 Å². The average molecular weight is 340 g/mol. The van der Waals surface area contributed by atoms with Crippen LogP contribution in [0.15, 0.2) is 42.5 Å². The van der Waals surface area contributed by atoms with Gasteiger partial charge in [0.1, 0.15) is 5.82 Å². The van der Waals surface area contributed by atoms with Crippen LogP contribution in [0.5, 0.6) is 0 Å². The molecule has 1 amide bonds. The second-order valence-electron chi connectivity index (χ2n) is 7.07. The smallest absolute Gasteiger partial charge is 0.256 e. The molecule has 0 radical (unpaired) electrons. The third-order valence-corrected chi connectivity index (χ3v) is 5.07. The van der Waals surface area contributed by atoms with Gasteiger partial charge in [0.25, 0.3) is 5.91 Å². The van der Waals surface area contributed by atoms with Gasteiger partial charge in [-0.1, -0.05) is 35.9 Å². The van der Waals surface area contributed by atoms with Gasteiger partial charge in [0.2, 0.25) is 0 Å². The Kier molecular flexibility index (Phi) is 5.19. The highest BCUT2D eigenvalue weighted by Gasteiger charge is 2.27. The van der Waals surface area contributed by atoms with E-state index >= 15 is 0 Å². The van der Waals surface area contributed by atoms with Crippen molar-refractivity contribution in [1.29, 1.82) is 0 Å². The molecule has 0 aliphatic carbocycles. The first-order chi connectivity index (χ1) is 12.0. The van der Waals surface area contributed by atoms with Crippen LogP contribution in [-0.2, 0) is 0 Å². The highest BCUT2D eigenvalue weighted by atomic mass is 19.1. The number of carbonyl (C=O) groups is 1. The lowest BCUT2D eigenvalue weighted by Crippen LogP contribution is -2.45. The van der Waals surface area contributed by atoms with E-state index in [1.165, 1.54) is 6.07 Å². The van der Waals surface area contributed by atoms with Gasteiger partial charge in [-0.2, -0.15) is 0 Å². The first-order valence-corrected chi connectivity index (χ1v) is 8.87. The number of carbonyl (C=O) groups excluding carboxylic acids is 1. The van der Waals surface area contributed by atoms with Gasteiger partial charge < -0.3 is 10.6 Å². The Morgan fingerprint density at radius 1 is 1.20 bits per heavy atom. The SMILES string of the molecule is Cc1ccc(-c2ccc(C(=O)N3CCCC(C(C)N)C3)c(F)c2)cc1. The van der Waals surface area contributed by atoms with Crippen LogP contribution in [0.2, 0.25) is 0 Å². The number of rotatable bonds is 3. The molecule has 2 aromatic rings. The van der Waals surface area contributed by atoms with E-state index in [4.69, 9.17) is 5.73 Å². The van der Waals surface area contributed by atoms with Gasteiger partial charge in [-0.25, -0.2) is 4.39 Å². The molecule has 1 aliphatic heterocycles. The van der Waals surface area contributed by atoms with Crippen LogP contribution >= 0.6 is 0 Å². The molecule has 2 atom stereocenters. The number of nitrogens with two attached hydrogens (primary N) is 1. The standard InChI is InChI=1S/C21H25FN2O/c1-14-5-7-16(8-6-14)17-9-10-19(20(22)12-17)21(25)24-11-3-4-18(13-24)15(2)23/h5-10,12,15,18H,3-4,11,13,23H2,1-2H3. The Bertz CT molecular complexity index is 755. The minimum atomic E-state index is -0.467. The van der Waals surface area contributed by atoms with Crippen molar-refractivity contribution < 1.29 is 9.18 Å². The predicted octanol–water partition coefficient (Wildman–Crippen LogP) is 4.00. The zero-order chi connectivity index (χ0) is 18.0. The maximum absolute atomic E-state index is 14.6. The van der Waals surface area contributed by atoms with E-state index < -0.39 is 5.82 Å². The summed E-state index contributed by atoms with van der Waals surface area (Å²) >= 11 is 0. The van der Waals surface area contributed by atoms with Gasteiger partial charge in [-0.3, -0.25) is 4.79 Å². The molecule has 132 valence electrons. The minimum Gasteiger partial charge on any atom is -0.338 e. The summed E-state index contributed by atoms with van der Waals surface area (Å²) in [7, 11) is 0. The molecule has 3 nitrogen and oxygen atoms in total. The fourth-order valence-corrected chi connectivity index (χ4v) is 3.41. The highest BCUT2D eigenvalue weighted by molar-refractivity contribution is 5.95. The quantitative estimate of drug-likeness (QED) is 0.918. The van der Waals surface area contributed by atoms with Gasteiger partial charge in [0, 0.05) is 19.1 Å². The van der Waals surface area contributed by atoms with Crippen molar-refractivity contribution in [3.8, 4) is 11.1 Å². The molecule has 0 spiro atoms. The number of hydrogen-bond donors (Lipinski definition) is 1. The molecule has 0 saturated carbocycles. The lowest BCUT2D eigenvalue weighted by Gasteiger charge is -2.34. The van der Waals surface area contributed by atoms with Crippen LogP contribution in [0.25, 0.3) is 11.1 Å². The van der Waals surface area contributed by atoms with Gasteiger partial charge in [-0.15, -0.1) is 0 Å². The van der Waals surface area contributed by atoms with Crippen molar-refractivity contribution >= 4 is 5.91 Å². The monoisotopic (exact) mass is 340 g/mol. The van der Waals surface area contributed by atoms with Crippen molar-refractivity contribution in [2.45, 2.75) is 32.7 Å². The van der Waals surface area contributed by atoms with Crippen LogP contribution in [0.1, 0.15) is 35.7 Å². The molecule has 0 aromatic heterocycles. The van der Waals surface area contributed by atoms with Gasteiger partial charge in [-0.05, 0) is 55.9 Å². The Hall–Kier alpha value is -2.20. The molecular formula is C21H25FN2O. The van der Waals surface area contributed by atoms with Crippen LogP contribution in [0.3, 0.4) is 0 Å². The number of halogens is 1. The molecule has 25 heavy (non-hydrogen) atoms. The molecule has 0 bridgehead atoms. The first kappa shape index (κ1) is 17.6. The molecule has 4 heteroatoms. The summed E-state index contributed by atoms with van der Waals surface area (Å²) in [5.41, 5.74) is 9.00. The van der Waals surface area contributed by atoms with E-state index in [2.05, 4.69) is 0 Å². The van der Waals surface area contributed by atoms with Crippen molar-refractivity contribution in [3.05, 3.63) is 59.4 Å². The second kappa shape index (κ2) is 7.36. The molecule has 2 unspecified atom stereocenters. The van der Waals surface area contributed by atoms with Crippen LogP contribution < -0.4 is 5.73 Å². The van der Waals surface area contributed by atoms with E-state index in [1.54, 1.807) is 11.0 Å². The number of hydrogen-bond acceptors (Lipinski definition) is 2. The fourth-order valence-electron chi connectivity index (χ4n) is 3.41. The first-order valence-electron chi connectivity index (χ1n) is 8.87. The van der Waals surface area contributed by atoms with Crippen molar-refractivity contribution in [2.24, 2.45) is 11.7 Å². The number of piperidine rings is 1. The van der Waals surface area contributed by atoms with Crippen LogP contribution in [0, 0.1) is 18.7 Å². The maximum atomic E-state index is 14.6. The van der Waals surface area contributed by atoms with Gasteiger partial charge in [0.05, 0.1) is 5.56 Å². The Morgan fingerprint density at radius 3 is 2.52 bits per heavy atom. The lowest BCUT2D eigenvalue weighted by atomic mass is 9.91. The molecule has 1 fully saturated rings. The average Bonchev–Trinajstić information content (AvgIpc) is 2.62. The summed E-state index contributed by atoms with van der Waals surface area (Å²) in [5, 5.41) is 0. The summed E-state index contributed by atoms with van der Waals surface area (Å²) in [5.74, 6) is -0.420. The van der Waals surface area contributed by atoms with E-state index in [0.717, 1.165) is 29.5 Å². The number of likely N-dealkylation sites (tertiary alicyclic amines) is 1. The van der Waals surface area contributed by atoms with E-state index in [0.29, 0.717) is 13.1 Å². The van der Waals surface area contributed by atoms with Crippen LogP contribution in [-0.4, -0.2) is 29.9 Å². The van der Waals surface area contributed by atoms with E-state index in [9.17, 15) is 9.18 Å². The summed E-state index contributed by atoms with van der Waals surface area (Å²) in [6, 6.07) is 12.8. The number of amides is 1.